The van der Waals surface area contributed by atoms with Gasteiger partial charge in [-0.15, -0.1) is 0 Å². The topological polar surface area (TPSA) is 48.2 Å². The number of nitrogens with zero attached hydrogens (tertiary/aromatic N) is 2. The Balaban J connectivity index is 1.48. The highest BCUT2D eigenvalue weighted by atomic mass is 16.3. The van der Waals surface area contributed by atoms with Gasteiger partial charge in [-0.1, -0.05) is 48.5 Å². The van der Waals surface area contributed by atoms with E-state index in [9.17, 15) is 9.90 Å². The first-order chi connectivity index (χ1) is 14.6. The molecule has 3 aromatic rings. The van der Waals surface area contributed by atoms with E-state index < -0.39 is 0 Å². The van der Waals surface area contributed by atoms with Gasteiger partial charge in [0.2, 0.25) is 0 Å². The molecule has 5 nitrogen and oxygen atoms in total. The molecule has 1 heterocycles. The predicted molar refractivity (Wildman–Crippen MR) is 122 cm³/mol. The average Bonchev–Trinajstić information content (AvgIpc) is 2.79. The number of para-hydroxylation sites is 2. The van der Waals surface area contributed by atoms with Crippen LogP contribution >= 0.6 is 0 Å². The third kappa shape index (κ3) is 3.85. The molecule has 1 fully saturated rings. The lowest BCUT2D eigenvalue weighted by atomic mass is 10.1. The van der Waals surface area contributed by atoms with Crippen molar-refractivity contribution < 1.29 is 14.8 Å². The smallest absolute Gasteiger partial charge is 0.284 e. The third-order valence-corrected chi connectivity index (χ3v) is 6.25. The summed E-state index contributed by atoms with van der Waals surface area (Å²) < 4.78 is 0. The van der Waals surface area contributed by atoms with Gasteiger partial charge >= 0.3 is 0 Å². The Bertz CT molecular complexity index is 1020. The fourth-order valence-corrected chi connectivity index (χ4v) is 4.50. The van der Waals surface area contributed by atoms with Gasteiger partial charge in [0.25, 0.3) is 5.91 Å². The molecular formula is C25H30N3O2+. The van der Waals surface area contributed by atoms with Crippen LogP contribution in [0.15, 0.2) is 66.7 Å². The summed E-state index contributed by atoms with van der Waals surface area (Å²) in [6.45, 7) is 8.12. The standard InChI is InChI=1S/C25H29N3O2/c1-3-28(22-13-8-10-20-9-4-5-11-21(20)22)25(30)19(2)26-15-17-27(18-16-26)23-12-6-7-14-24(23)29/h4-14,19,29H,3,15-18H2,1-2H3/p+1/t19-/m1/s1. The number of benzene rings is 3. The van der Waals surface area contributed by atoms with Crippen LogP contribution in [0.3, 0.4) is 0 Å². The fraction of sp³-hybridized carbons (Fsp3) is 0.320. The van der Waals surface area contributed by atoms with Gasteiger partial charge in [-0.3, -0.25) is 4.79 Å². The maximum absolute atomic E-state index is 13.5. The highest BCUT2D eigenvalue weighted by Gasteiger charge is 2.33. The molecule has 1 aliphatic rings. The average molecular weight is 405 g/mol. The zero-order chi connectivity index (χ0) is 21.1. The number of phenols is 1. The number of rotatable bonds is 5. The van der Waals surface area contributed by atoms with Crippen LogP contribution < -0.4 is 14.7 Å². The zero-order valence-electron chi connectivity index (χ0n) is 17.7. The van der Waals surface area contributed by atoms with Gasteiger partial charge in [0.1, 0.15) is 5.75 Å². The molecule has 156 valence electrons. The van der Waals surface area contributed by atoms with Crippen LogP contribution in [0, 0.1) is 0 Å². The Labute approximate surface area is 178 Å². The van der Waals surface area contributed by atoms with E-state index in [1.54, 1.807) is 6.07 Å². The van der Waals surface area contributed by atoms with Crippen molar-refractivity contribution in [3.05, 3.63) is 66.7 Å². The molecule has 0 radical (unpaired) electrons. The van der Waals surface area contributed by atoms with Gasteiger partial charge in [-0.25, -0.2) is 0 Å². The van der Waals surface area contributed by atoms with E-state index in [-0.39, 0.29) is 11.9 Å². The zero-order valence-corrected chi connectivity index (χ0v) is 17.7. The van der Waals surface area contributed by atoms with Crippen molar-refractivity contribution in [3.63, 3.8) is 0 Å². The summed E-state index contributed by atoms with van der Waals surface area (Å²) >= 11 is 0. The van der Waals surface area contributed by atoms with Crippen molar-refractivity contribution >= 4 is 28.1 Å². The lowest BCUT2D eigenvalue weighted by Crippen LogP contribution is -3.19. The number of hydrogen-bond acceptors (Lipinski definition) is 3. The molecule has 4 rings (SSSR count). The molecule has 1 saturated heterocycles. The molecule has 5 heteroatoms. The Morgan fingerprint density at radius 3 is 2.43 bits per heavy atom. The van der Waals surface area contributed by atoms with E-state index >= 15 is 0 Å². The first-order valence-corrected chi connectivity index (χ1v) is 10.8. The van der Waals surface area contributed by atoms with E-state index in [2.05, 4.69) is 23.1 Å². The summed E-state index contributed by atoms with van der Waals surface area (Å²) in [5.74, 6) is 0.484. The quantitative estimate of drug-likeness (QED) is 0.687. The molecule has 0 aliphatic carbocycles. The molecule has 1 amide bonds. The first kappa shape index (κ1) is 20.2. The summed E-state index contributed by atoms with van der Waals surface area (Å²) in [5, 5.41) is 12.4. The minimum atomic E-state index is -0.115. The Morgan fingerprint density at radius 1 is 1.03 bits per heavy atom. The van der Waals surface area contributed by atoms with Crippen LogP contribution in [0.2, 0.25) is 0 Å². The fourth-order valence-electron chi connectivity index (χ4n) is 4.50. The van der Waals surface area contributed by atoms with E-state index in [1.165, 1.54) is 4.90 Å². The van der Waals surface area contributed by atoms with E-state index in [4.69, 9.17) is 0 Å². The van der Waals surface area contributed by atoms with Crippen molar-refractivity contribution in [2.24, 2.45) is 0 Å². The normalized spacial score (nSPS) is 15.9. The van der Waals surface area contributed by atoms with Crippen molar-refractivity contribution in [1.82, 2.24) is 0 Å². The number of likely N-dealkylation sites (N-methyl/N-ethyl adjacent to an activating group) is 1. The number of phenolic OH excluding ortho intramolecular Hbond substituents is 1. The van der Waals surface area contributed by atoms with Crippen molar-refractivity contribution in [1.29, 1.82) is 0 Å². The van der Waals surface area contributed by atoms with Crippen LogP contribution in [0.5, 0.6) is 5.75 Å². The van der Waals surface area contributed by atoms with Gasteiger partial charge in [0.05, 0.1) is 37.6 Å². The Hall–Kier alpha value is -3.05. The number of fused-ring (bicyclic) bond motifs is 1. The molecule has 3 aromatic carbocycles. The number of nitrogens with one attached hydrogen (secondary N) is 1. The molecule has 0 unspecified atom stereocenters. The van der Waals surface area contributed by atoms with Crippen LogP contribution in [0.25, 0.3) is 10.8 Å². The van der Waals surface area contributed by atoms with Crippen molar-refractivity contribution in [2.75, 3.05) is 42.5 Å². The van der Waals surface area contributed by atoms with Crippen molar-refractivity contribution in [2.45, 2.75) is 19.9 Å². The molecule has 30 heavy (non-hydrogen) atoms. The lowest BCUT2D eigenvalue weighted by molar-refractivity contribution is -0.914. The van der Waals surface area contributed by atoms with Gasteiger partial charge in [-0.2, -0.15) is 0 Å². The molecule has 0 bridgehead atoms. The lowest BCUT2D eigenvalue weighted by Gasteiger charge is -2.37. The molecule has 0 spiro atoms. The Kier molecular flexibility index (Phi) is 5.91. The van der Waals surface area contributed by atoms with Gasteiger partial charge in [0, 0.05) is 11.9 Å². The number of hydrogen-bond donors (Lipinski definition) is 2. The maximum Gasteiger partial charge on any atom is 0.284 e. The van der Waals surface area contributed by atoms with Gasteiger partial charge in [-0.05, 0) is 37.4 Å². The maximum atomic E-state index is 13.5. The number of anilines is 2. The molecule has 2 N–H and O–H groups in total. The second kappa shape index (κ2) is 8.76. The second-order valence-electron chi connectivity index (χ2n) is 7.94. The highest BCUT2D eigenvalue weighted by molar-refractivity contribution is 6.04. The monoisotopic (exact) mass is 404 g/mol. The SMILES string of the molecule is CCN(C(=O)[C@@H](C)[NH+]1CCN(c2ccccc2O)CC1)c1cccc2ccccc12. The Morgan fingerprint density at radius 2 is 1.70 bits per heavy atom. The number of carbonyl (C=O) groups is 1. The molecule has 1 aliphatic heterocycles. The molecule has 1 atom stereocenters. The van der Waals surface area contributed by atoms with Crippen LogP contribution in [0.4, 0.5) is 11.4 Å². The number of piperazine rings is 1. The minimum absolute atomic E-state index is 0.115. The third-order valence-electron chi connectivity index (χ3n) is 6.25. The van der Waals surface area contributed by atoms with Crippen LogP contribution in [-0.2, 0) is 4.79 Å². The predicted octanol–water partition coefficient (Wildman–Crippen LogP) is 2.69. The summed E-state index contributed by atoms with van der Waals surface area (Å²) in [6, 6.07) is 21.7. The first-order valence-electron chi connectivity index (χ1n) is 10.8. The molecular weight excluding hydrogens is 374 g/mol. The largest absolute Gasteiger partial charge is 0.506 e. The van der Waals surface area contributed by atoms with Gasteiger partial charge < -0.3 is 19.8 Å². The van der Waals surface area contributed by atoms with Crippen LogP contribution in [0.1, 0.15) is 13.8 Å². The van der Waals surface area contributed by atoms with Crippen LogP contribution in [-0.4, -0.2) is 49.8 Å². The van der Waals surface area contributed by atoms with Crippen molar-refractivity contribution in [3.8, 4) is 5.75 Å². The number of carbonyl (C=O) groups excluding carboxylic acids is 1. The summed E-state index contributed by atoms with van der Waals surface area (Å²) in [6.07, 6.45) is 0. The summed E-state index contributed by atoms with van der Waals surface area (Å²) in [5.41, 5.74) is 1.86. The summed E-state index contributed by atoms with van der Waals surface area (Å²) in [4.78, 5) is 18.9. The van der Waals surface area contributed by atoms with E-state index in [0.717, 1.165) is 48.3 Å². The van der Waals surface area contributed by atoms with E-state index in [1.807, 2.05) is 61.2 Å². The second-order valence-corrected chi connectivity index (χ2v) is 7.94. The van der Waals surface area contributed by atoms with E-state index in [0.29, 0.717) is 12.3 Å². The summed E-state index contributed by atoms with van der Waals surface area (Å²) in [7, 11) is 0. The number of amides is 1. The molecule has 0 saturated carbocycles. The number of aromatic hydroxyl groups is 1. The minimum Gasteiger partial charge on any atom is -0.506 e. The highest BCUT2D eigenvalue weighted by Crippen LogP contribution is 2.28. The molecule has 0 aromatic heterocycles. The number of quaternary nitrogens is 1. The van der Waals surface area contributed by atoms with Gasteiger partial charge in [0.15, 0.2) is 6.04 Å².